The van der Waals surface area contributed by atoms with Gasteiger partial charge in [-0.05, 0) is 30.2 Å². The first-order valence-corrected chi connectivity index (χ1v) is 6.77. The van der Waals surface area contributed by atoms with Crippen LogP contribution in [0.3, 0.4) is 0 Å². The van der Waals surface area contributed by atoms with E-state index in [1.54, 1.807) is 11.3 Å². The number of aliphatic hydroxyl groups excluding tert-OH is 1. The molecule has 0 atom stereocenters. The van der Waals surface area contributed by atoms with Crippen LogP contribution in [-0.4, -0.2) is 14.5 Å². The van der Waals surface area contributed by atoms with Crippen LogP contribution in [0.1, 0.15) is 11.3 Å². The maximum absolute atomic E-state index is 9.11. The Labute approximate surface area is 113 Å². The van der Waals surface area contributed by atoms with Crippen LogP contribution in [0.25, 0.3) is 16.2 Å². The third-order valence-corrected chi connectivity index (χ3v) is 4.14. The molecule has 3 nitrogen and oxygen atoms in total. The lowest BCUT2D eigenvalue weighted by atomic mass is 10.1. The molecule has 0 saturated carbocycles. The minimum absolute atomic E-state index is 0.0342. The Kier molecular flexibility index (Phi) is 2.86. The number of halogens is 1. The van der Waals surface area contributed by atoms with E-state index in [0.29, 0.717) is 5.69 Å². The van der Waals surface area contributed by atoms with Gasteiger partial charge in [-0.25, -0.2) is 4.98 Å². The van der Waals surface area contributed by atoms with Gasteiger partial charge >= 0.3 is 0 Å². The summed E-state index contributed by atoms with van der Waals surface area (Å²) in [5.41, 5.74) is 3.91. The molecule has 3 aromatic rings. The van der Waals surface area contributed by atoms with Gasteiger partial charge in [-0.15, -0.1) is 11.3 Å². The van der Waals surface area contributed by atoms with E-state index in [9.17, 15) is 0 Å². The molecule has 1 aromatic carbocycles. The summed E-state index contributed by atoms with van der Waals surface area (Å²) in [7, 11) is 0. The molecule has 1 N–H and O–H groups in total. The summed E-state index contributed by atoms with van der Waals surface area (Å²) in [6.07, 6.45) is 1.87. The number of aryl methyl sites for hydroxylation is 1. The summed E-state index contributed by atoms with van der Waals surface area (Å²) >= 11 is 7.60. The Balaban J connectivity index is 2.18. The van der Waals surface area contributed by atoms with Gasteiger partial charge in [-0.2, -0.15) is 0 Å². The molecule has 18 heavy (non-hydrogen) atoms. The molecule has 0 aliphatic heterocycles. The van der Waals surface area contributed by atoms with Crippen LogP contribution in [0, 0.1) is 6.92 Å². The predicted molar refractivity (Wildman–Crippen MR) is 74.2 cm³/mol. The van der Waals surface area contributed by atoms with Crippen molar-refractivity contribution in [1.29, 1.82) is 0 Å². The highest BCUT2D eigenvalue weighted by Gasteiger charge is 2.10. The van der Waals surface area contributed by atoms with Gasteiger partial charge in [-0.1, -0.05) is 17.7 Å². The molecule has 5 heteroatoms. The van der Waals surface area contributed by atoms with E-state index >= 15 is 0 Å². The third kappa shape index (κ3) is 1.82. The molecule has 92 valence electrons. The highest BCUT2D eigenvalue weighted by atomic mass is 35.5. The lowest BCUT2D eigenvalue weighted by Gasteiger charge is -2.03. The Morgan fingerprint density at radius 3 is 3.00 bits per heavy atom. The van der Waals surface area contributed by atoms with Crippen LogP contribution >= 0.6 is 22.9 Å². The van der Waals surface area contributed by atoms with E-state index in [1.807, 2.05) is 29.7 Å². The van der Waals surface area contributed by atoms with Gasteiger partial charge in [0.05, 0.1) is 18.0 Å². The minimum atomic E-state index is -0.0342. The van der Waals surface area contributed by atoms with Crippen molar-refractivity contribution in [2.24, 2.45) is 0 Å². The summed E-state index contributed by atoms with van der Waals surface area (Å²) in [5.74, 6) is 0. The number of fused-ring (bicyclic) bond motifs is 1. The van der Waals surface area contributed by atoms with E-state index in [4.69, 9.17) is 16.7 Å². The number of thiazole rings is 1. The summed E-state index contributed by atoms with van der Waals surface area (Å²) < 4.78 is 2.00. The summed E-state index contributed by atoms with van der Waals surface area (Å²) in [4.78, 5) is 5.21. The van der Waals surface area contributed by atoms with Crippen molar-refractivity contribution in [3.8, 4) is 11.3 Å². The third-order valence-electron chi connectivity index (χ3n) is 2.87. The number of hydrogen-bond acceptors (Lipinski definition) is 3. The largest absolute Gasteiger partial charge is 0.390 e. The van der Waals surface area contributed by atoms with Crippen LogP contribution < -0.4 is 0 Å². The Bertz CT molecular complexity index is 717. The maximum Gasteiger partial charge on any atom is 0.194 e. The topological polar surface area (TPSA) is 37.5 Å². The van der Waals surface area contributed by atoms with Crippen molar-refractivity contribution in [2.75, 3.05) is 0 Å². The van der Waals surface area contributed by atoms with Gasteiger partial charge in [0.1, 0.15) is 0 Å². The Hall–Kier alpha value is -1.36. The average Bonchev–Trinajstić information content (AvgIpc) is 2.92. The van der Waals surface area contributed by atoms with Crippen LogP contribution in [-0.2, 0) is 6.61 Å². The van der Waals surface area contributed by atoms with E-state index < -0.39 is 0 Å². The van der Waals surface area contributed by atoms with Gasteiger partial charge in [0.2, 0.25) is 0 Å². The van der Waals surface area contributed by atoms with Gasteiger partial charge < -0.3 is 5.11 Å². The maximum atomic E-state index is 9.11. The van der Waals surface area contributed by atoms with Gasteiger partial charge in [0.25, 0.3) is 0 Å². The fourth-order valence-electron chi connectivity index (χ4n) is 1.92. The van der Waals surface area contributed by atoms with E-state index in [2.05, 4.69) is 16.4 Å². The molecule has 3 rings (SSSR count). The van der Waals surface area contributed by atoms with Crippen molar-refractivity contribution >= 4 is 27.9 Å². The number of aromatic nitrogens is 2. The first-order chi connectivity index (χ1) is 8.69. The summed E-state index contributed by atoms with van der Waals surface area (Å²) in [6, 6.07) is 5.96. The molecule has 0 bridgehead atoms. The van der Waals surface area contributed by atoms with E-state index in [0.717, 1.165) is 26.8 Å². The Morgan fingerprint density at radius 2 is 2.28 bits per heavy atom. The molecule has 0 spiro atoms. The number of rotatable bonds is 2. The fourth-order valence-corrected chi connectivity index (χ4v) is 2.94. The van der Waals surface area contributed by atoms with Gasteiger partial charge in [0.15, 0.2) is 4.96 Å². The first kappa shape index (κ1) is 11.7. The SMILES string of the molecule is Cc1cc(-c2csc3nc(CO)cn23)ccc1Cl. The van der Waals surface area contributed by atoms with Crippen LogP contribution in [0.15, 0.2) is 29.8 Å². The van der Waals surface area contributed by atoms with E-state index in [1.165, 1.54) is 0 Å². The number of benzene rings is 1. The zero-order valence-corrected chi connectivity index (χ0v) is 11.3. The molecule has 2 heterocycles. The zero-order chi connectivity index (χ0) is 12.7. The fraction of sp³-hybridized carbons (Fsp3) is 0.154. The second kappa shape index (κ2) is 4.39. The highest BCUT2D eigenvalue weighted by Crippen LogP contribution is 2.29. The lowest BCUT2D eigenvalue weighted by Crippen LogP contribution is -1.86. The van der Waals surface area contributed by atoms with Crippen molar-refractivity contribution in [1.82, 2.24) is 9.38 Å². The molecule has 2 aromatic heterocycles. The number of nitrogens with zero attached hydrogens (tertiary/aromatic N) is 2. The molecule has 0 amide bonds. The monoisotopic (exact) mass is 278 g/mol. The predicted octanol–water partition coefficient (Wildman–Crippen LogP) is 3.52. The summed E-state index contributed by atoms with van der Waals surface area (Å²) in [5, 5.41) is 11.9. The average molecular weight is 279 g/mol. The standard InChI is InChI=1S/C13H11ClN2OS/c1-8-4-9(2-3-11(8)14)12-7-18-13-15-10(6-17)5-16(12)13/h2-5,7,17H,6H2,1H3. The van der Waals surface area contributed by atoms with Crippen molar-refractivity contribution in [3.63, 3.8) is 0 Å². The second-order valence-corrected chi connectivity index (χ2v) is 5.37. The van der Waals surface area contributed by atoms with Crippen molar-refractivity contribution in [2.45, 2.75) is 13.5 Å². The summed E-state index contributed by atoms with van der Waals surface area (Å²) in [6.45, 7) is 1.95. The van der Waals surface area contributed by atoms with Crippen molar-refractivity contribution < 1.29 is 5.11 Å². The molecule has 0 radical (unpaired) electrons. The number of imidazole rings is 1. The molecule has 0 aliphatic carbocycles. The molecule has 0 aliphatic rings. The smallest absolute Gasteiger partial charge is 0.194 e. The molecule has 0 fully saturated rings. The van der Waals surface area contributed by atoms with Gasteiger partial charge in [0, 0.05) is 16.6 Å². The van der Waals surface area contributed by atoms with Crippen LogP contribution in [0.4, 0.5) is 0 Å². The number of hydrogen-bond donors (Lipinski definition) is 1. The van der Waals surface area contributed by atoms with Crippen molar-refractivity contribution in [3.05, 3.63) is 46.1 Å². The molecular formula is C13H11ClN2OS. The van der Waals surface area contributed by atoms with E-state index in [-0.39, 0.29) is 6.61 Å². The second-order valence-electron chi connectivity index (χ2n) is 4.13. The Morgan fingerprint density at radius 1 is 1.44 bits per heavy atom. The minimum Gasteiger partial charge on any atom is -0.390 e. The zero-order valence-electron chi connectivity index (χ0n) is 9.72. The highest BCUT2D eigenvalue weighted by molar-refractivity contribution is 7.15. The lowest BCUT2D eigenvalue weighted by molar-refractivity contribution is 0.277. The first-order valence-electron chi connectivity index (χ1n) is 5.52. The molecular weight excluding hydrogens is 268 g/mol. The number of aliphatic hydroxyl groups is 1. The normalized spacial score (nSPS) is 11.3. The molecule has 0 saturated heterocycles. The van der Waals surface area contributed by atoms with Gasteiger partial charge in [-0.3, -0.25) is 4.40 Å². The quantitative estimate of drug-likeness (QED) is 0.779. The van der Waals surface area contributed by atoms with Crippen LogP contribution in [0.5, 0.6) is 0 Å². The molecule has 0 unspecified atom stereocenters. The van der Waals surface area contributed by atoms with Crippen LogP contribution in [0.2, 0.25) is 5.02 Å².